The van der Waals surface area contributed by atoms with Crippen molar-refractivity contribution >= 4 is 17.2 Å². The SMILES string of the molecule is CC=Cc1nc2c(c(=O)n(C)c(=O)n2C)n1C. The van der Waals surface area contributed by atoms with Crippen molar-refractivity contribution in [3.8, 4) is 0 Å². The Labute approximate surface area is 97.4 Å². The minimum absolute atomic E-state index is 0.325. The Morgan fingerprint density at radius 2 is 1.71 bits per heavy atom. The van der Waals surface area contributed by atoms with E-state index >= 15 is 0 Å². The molecule has 0 spiro atoms. The fourth-order valence-electron chi connectivity index (χ4n) is 1.83. The molecule has 90 valence electrons. The molecule has 0 aliphatic heterocycles. The Hall–Kier alpha value is -2.11. The van der Waals surface area contributed by atoms with Gasteiger partial charge in [-0.1, -0.05) is 6.08 Å². The lowest BCUT2D eigenvalue weighted by molar-refractivity contribution is 0.705. The van der Waals surface area contributed by atoms with Gasteiger partial charge in [0.25, 0.3) is 5.56 Å². The smallest absolute Gasteiger partial charge is 0.322 e. The predicted molar refractivity (Wildman–Crippen MR) is 65.9 cm³/mol. The van der Waals surface area contributed by atoms with Crippen LogP contribution in [0.15, 0.2) is 15.7 Å². The van der Waals surface area contributed by atoms with Crippen LogP contribution in [0.3, 0.4) is 0 Å². The van der Waals surface area contributed by atoms with E-state index in [1.807, 2.05) is 13.0 Å². The van der Waals surface area contributed by atoms with Crippen molar-refractivity contribution in [3.63, 3.8) is 0 Å². The van der Waals surface area contributed by atoms with Crippen molar-refractivity contribution in [1.82, 2.24) is 18.7 Å². The first-order valence-electron chi connectivity index (χ1n) is 5.24. The fourth-order valence-corrected chi connectivity index (χ4v) is 1.83. The molecule has 0 saturated carbocycles. The molecule has 0 aromatic carbocycles. The summed E-state index contributed by atoms with van der Waals surface area (Å²) in [6.45, 7) is 1.87. The van der Waals surface area contributed by atoms with Crippen molar-refractivity contribution in [3.05, 3.63) is 32.7 Å². The third-order valence-corrected chi connectivity index (χ3v) is 2.83. The van der Waals surface area contributed by atoms with Crippen molar-refractivity contribution < 1.29 is 0 Å². The third kappa shape index (κ3) is 1.44. The molecule has 6 heteroatoms. The zero-order valence-electron chi connectivity index (χ0n) is 10.3. The molecular formula is C11H14N4O2. The summed E-state index contributed by atoms with van der Waals surface area (Å²) in [6, 6.07) is 0. The highest BCUT2D eigenvalue weighted by molar-refractivity contribution is 5.73. The summed E-state index contributed by atoms with van der Waals surface area (Å²) in [4.78, 5) is 28.0. The first-order valence-corrected chi connectivity index (χ1v) is 5.24. The monoisotopic (exact) mass is 234 g/mol. The lowest BCUT2D eigenvalue weighted by Crippen LogP contribution is -2.37. The molecule has 0 fully saturated rings. The molecular weight excluding hydrogens is 220 g/mol. The van der Waals surface area contributed by atoms with Gasteiger partial charge in [0.05, 0.1) is 0 Å². The largest absolute Gasteiger partial charge is 0.332 e. The van der Waals surface area contributed by atoms with Gasteiger partial charge in [-0.15, -0.1) is 0 Å². The molecule has 2 aromatic rings. The van der Waals surface area contributed by atoms with Crippen LogP contribution in [0, 0.1) is 0 Å². The molecule has 0 aliphatic carbocycles. The minimum Gasteiger partial charge on any atom is -0.322 e. The molecule has 0 bridgehead atoms. The van der Waals surface area contributed by atoms with E-state index in [1.54, 1.807) is 24.7 Å². The summed E-state index contributed by atoms with van der Waals surface area (Å²) in [7, 11) is 4.83. The van der Waals surface area contributed by atoms with Crippen molar-refractivity contribution in [1.29, 1.82) is 0 Å². The maximum absolute atomic E-state index is 12.0. The summed E-state index contributed by atoms with van der Waals surface area (Å²) in [5, 5.41) is 0. The summed E-state index contributed by atoms with van der Waals surface area (Å²) in [6.07, 6.45) is 3.63. The molecule has 17 heavy (non-hydrogen) atoms. The molecule has 0 N–H and O–H groups in total. The van der Waals surface area contributed by atoms with Crippen LogP contribution >= 0.6 is 0 Å². The number of aryl methyl sites for hydroxylation is 2. The summed E-state index contributed by atoms with van der Waals surface area (Å²) in [5.41, 5.74) is 0.151. The standard InChI is InChI=1S/C11H14N4O2/c1-5-6-7-12-9-8(13(7)2)10(16)15(4)11(17)14(9)3/h5-6H,1-4H3. The number of rotatable bonds is 1. The Bertz CT molecular complexity index is 730. The number of fused-ring (bicyclic) bond motifs is 1. The first-order chi connectivity index (χ1) is 7.99. The lowest BCUT2D eigenvalue weighted by Gasteiger charge is -2.02. The summed E-state index contributed by atoms with van der Waals surface area (Å²) < 4.78 is 4.16. The van der Waals surface area contributed by atoms with E-state index in [1.165, 1.54) is 11.6 Å². The molecule has 0 atom stereocenters. The second-order valence-corrected chi connectivity index (χ2v) is 3.91. The molecule has 0 unspecified atom stereocenters. The highest BCUT2D eigenvalue weighted by Gasteiger charge is 2.15. The van der Waals surface area contributed by atoms with Crippen LogP contribution < -0.4 is 11.2 Å². The Kier molecular flexibility index (Phi) is 2.49. The van der Waals surface area contributed by atoms with E-state index in [2.05, 4.69) is 4.98 Å². The van der Waals surface area contributed by atoms with Crippen molar-refractivity contribution in [2.24, 2.45) is 21.1 Å². The maximum atomic E-state index is 12.0. The van der Waals surface area contributed by atoms with Gasteiger partial charge >= 0.3 is 5.69 Å². The molecule has 2 heterocycles. The normalized spacial score (nSPS) is 11.8. The highest BCUT2D eigenvalue weighted by atomic mass is 16.2. The molecule has 2 rings (SSSR count). The van der Waals surface area contributed by atoms with Gasteiger partial charge in [0.2, 0.25) is 0 Å². The third-order valence-electron chi connectivity index (χ3n) is 2.83. The van der Waals surface area contributed by atoms with Gasteiger partial charge in [0.1, 0.15) is 5.82 Å². The van der Waals surface area contributed by atoms with Crippen LogP contribution in [0.1, 0.15) is 12.7 Å². The minimum atomic E-state index is -0.368. The highest BCUT2D eigenvalue weighted by Crippen LogP contribution is 2.09. The van der Waals surface area contributed by atoms with E-state index in [-0.39, 0.29) is 11.2 Å². The molecule has 0 amide bonds. The predicted octanol–water partition coefficient (Wildman–Crippen LogP) is 0.00380. The van der Waals surface area contributed by atoms with Gasteiger partial charge in [0.15, 0.2) is 11.2 Å². The molecule has 0 radical (unpaired) electrons. The second kappa shape index (κ2) is 3.73. The van der Waals surface area contributed by atoms with Gasteiger partial charge in [-0.3, -0.25) is 13.9 Å². The van der Waals surface area contributed by atoms with Gasteiger partial charge in [-0.25, -0.2) is 9.78 Å². The number of hydrogen-bond acceptors (Lipinski definition) is 3. The maximum Gasteiger partial charge on any atom is 0.332 e. The number of hydrogen-bond donors (Lipinski definition) is 0. The molecule has 0 saturated heterocycles. The lowest BCUT2D eigenvalue weighted by atomic mass is 10.5. The van der Waals surface area contributed by atoms with Crippen LogP contribution in [0.4, 0.5) is 0 Å². The summed E-state index contributed by atoms with van der Waals surface area (Å²) >= 11 is 0. The number of imidazole rings is 1. The quantitative estimate of drug-likeness (QED) is 0.698. The van der Waals surface area contributed by atoms with Crippen molar-refractivity contribution in [2.75, 3.05) is 0 Å². The topological polar surface area (TPSA) is 61.8 Å². The zero-order chi connectivity index (χ0) is 12.7. The van der Waals surface area contributed by atoms with Crippen molar-refractivity contribution in [2.45, 2.75) is 6.92 Å². The van der Waals surface area contributed by atoms with Gasteiger partial charge in [-0.2, -0.15) is 0 Å². The van der Waals surface area contributed by atoms with E-state index < -0.39 is 0 Å². The van der Waals surface area contributed by atoms with Gasteiger partial charge in [-0.05, 0) is 13.0 Å². The molecule has 0 aliphatic rings. The average Bonchev–Trinajstić information content (AvgIpc) is 2.62. The van der Waals surface area contributed by atoms with Crippen LogP contribution in [-0.4, -0.2) is 18.7 Å². The Balaban J connectivity index is 3.08. The van der Waals surface area contributed by atoms with E-state index in [9.17, 15) is 9.59 Å². The average molecular weight is 234 g/mol. The number of allylic oxidation sites excluding steroid dienone is 1. The van der Waals surface area contributed by atoms with E-state index in [0.717, 1.165) is 4.57 Å². The molecule has 6 nitrogen and oxygen atoms in total. The van der Waals surface area contributed by atoms with Crippen LogP contribution in [0.2, 0.25) is 0 Å². The summed E-state index contributed by atoms with van der Waals surface area (Å²) in [5.74, 6) is 0.654. The van der Waals surface area contributed by atoms with Crippen LogP contribution in [-0.2, 0) is 21.1 Å². The van der Waals surface area contributed by atoms with Gasteiger partial charge < -0.3 is 4.57 Å². The second-order valence-electron chi connectivity index (χ2n) is 3.91. The Morgan fingerprint density at radius 1 is 1.06 bits per heavy atom. The zero-order valence-corrected chi connectivity index (χ0v) is 10.3. The van der Waals surface area contributed by atoms with Crippen LogP contribution in [0.5, 0.6) is 0 Å². The first kappa shape index (κ1) is 11.4. The van der Waals surface area contributed by atoms with Gasteiger partial charge in [0, 0.05) is 21.1 Å². The molecule has 2 aromatic heterocycles. The fraction of sp³-hybridized carbons (Fsp3) is 0.364. The number of aromatic nitrogens is 4. The Morgan fingerprint density at radius 3 is 2.29 bits per heavy atom. The van der Waals surface area contributed by atoms with E-state index in [0.29, 0.717) is 17.0 Å². The van der Waals surface area contributed by atoms with Crippen LogP contribution in [0.25, 0.3) is 17.2 Å². The van der Waals surface area contributed by atoms with E-state index in [4.69, 9.17) is 0 Å². The number of nitrogens with zero attached hydrogens (tertiary/aromatic N) is 4.